The van der Waals surface area contributed by atoms with Crippen LogP contribution in [0.5, 0.6) is 0 Å². The second-order valence-corrected chi connectivity index (χ2v) is 6.20. The lowest BCUT2D eigenvalue weighted by Gasteiger charge is -2.32. The third-order valence-corrected chi connectivity index (χ3v) is 4.40. The summed E-state index contributed by atoms with van der Waals surface area (Å²) in [6, 6.07) is 7.13. The summed E-state index contributed by atoms with van der Waals surface area (Å²) in [7, 11) is 0. The largest absolute Gasteiger partial charge is 0.365 e. The Bertz CT molecular complexity index is 690. The molecule has 0 saturated heterocycles. The minimum Gasteiger partial charge on any atom is -0.365 e. The van der Waals surface area contributed by atoms with Gasteiger partial charge in [0.05, 0.1) is 11.3 Å². The lowest BCUT2D eigenvalue weighted by molar-refractivity contribution is 0.0999. The number of benzene rings is 1. The number of nitrogens with two attached hydrogens (primary N) is 1. The normalized spacial score (nSPS) is 15.0. The number of amides is 1. The molecule has 0 bridgehead atoms. The van der Waals surface area contributed by atoms with Crippen molar-refractivity contribution in [1.82, 2.24) is 15.1 Å². The lowest BCUT2D eigenvalue weighted by atomic mass is 9.95. The van der Waals surface area contributed by atoms with Gasteiger partial charge in [-0.3, -0.25) is 14.8 Å². The zero-order valence-electron chi connectivity index (χ0n) is 13.1. The lowest BCUT2D eigenvalue weighted by Crippen LogP contribution is -2.35. The van der Waals surface area contributed by atoms with Gasteiger partial charge in [-0.15, -0.1) is 0 Å². The first-order valence-corrected chi connectivity index (χ1v) is 7.71. The van der Waals surface area contributed by atoms with Gasteiger partial charge in [0.15, 0.2) is 0 Å². The maximum Gasteiger partial charge on any atom is 0.252 e. The van der Waals surface area contributed by atoms with Crippen molar-refractivity contribution in [2.45, 2.75) is 39.3 Å². The minimum atomic E-state index is -0.437. The summed E-state index contributed by atoms with van der Waals surface area (Å²) in [4.78, 5) is 13.9. The zero-order valence-corrected chi connectivity index (χ0v) is 13.1. The van der Waals surface area contributed by atoms with E-state index >= 15 is 0 Å². The van der Waals surface area contributed by atoms with Gasteiger partial charge in [0.2, 0.25) is 0 Å². The van der Waals surface area contributed by atoms with Crippen molar-refractivity contribution in [3.05, 3.63) is 52.3 Å². The smallest absolute Gasteiger partial charge is 0.252 e. The Labute approximate surface area is 130 Å². The van der Waals surface area contributed by atoms with Crippen LogP contribution in [0.2, 0.25) is 0 Å². The quantitative estimate of drug-likeness (QED) is 0.905. The van der Waals surface area contributed by atoms with E-state index in [1.54, 1.807) is 6.20 Å². The molecule has 1 aromatic carbocycles. The molecule has 0 fully saturated rings. The highest BCUT2D eigenvalue weighted by Gasteiger charge is 2.19. The highest BCUT2D eigenvalue weighted by Crippen LogP contribution is 2.23. The maximum atomic E-state index is 11.4. The molecule has 0 radical (unpaired) electrons. The van der Waals surface area contributed by atoms with Crippen LogP contribution in [0, 0.1) is 0 Å². The number of carbonyl (C=O) groups excluding carboxylic acids is 1. The van der Waals surface area contributed by atoms with Gasteiger partial charge in [-0.2, -0.15) is 5.10 Å². The van der Waals surface area contributed by atoms with Crippen LogP contribution in [-0.2, 0) is 19.4 Å². The first-order chi connectivity index (χ1) is 10.5. The Hall–Kier alpha value is -2.14. The summed E-state index contributed by atoms with van der Waals surface area (Å²) >= 11 is 0. The van der Waals surface area contributed by atoms with E-state index in [0.29, 0.717) is 23.7 Å². The van der Waals surface area contributed by atoms with Crippen molar-refractivity contribution < 1.29 is 4.79 Å². The second-order valence-electron chi connectivity index (χ2n) is 6.20. The molecule has 1 aliphatic heterocycles. The monoisotopic (exact) mass is 298 g/mol. The van der Waals surface area contributed by atoms with E-state index in [-0.39, 0.29) is 0 Å². The Morgan fingerprint density at radius 2 is 2.23 bits per heavy atom. The van der Waals surface area contributed by atoms with Crippen LogP contribution in [0.4, 0.5) is 0 Å². The molecular formula is C17H22N4O. The number of aromatic amines is 1. The molecule has 5 heteroatoms. The number of aromatic nitrogens is 2. The fourth-order valence-corrected chi connectivity index (χ4v) is 3.04. The Morgan fingerprint density at radius 3 is 2.95 bits per heavy atom. The van der Waals surface area contributed by atoms with E-state index in [4.69, 9.17) is 5.73 Å². The van der Waals surface area contributed by atoms with E-state index in [9.17, 15) is 4.79 Å². The van der Waals surface area contributed by atoms with Crippen molar-refractivity contribution >= 4 is 5.91 Å². The van der Waals surface area contributed by atoms with Crippen LogP contribution >= 0.6 is 0 Å². The van der Waals surface area contributed by atoms with Gasteiger partial charge in [0.25, 0.3) is 5.91 Å². The Balaban J connectivity index is 1.83. The molecule has 0 aliphatic carbocycles. The number of rotatable bonds is 4. The molecule has 2 aromatic rings. The van der Waals surface area contributed by atoms with Crippen LogP contribution in [0.3, 0.4) is 0 Å². The van der Waals surface area contributed by atoms with Crippen molar-refractivity contribution in [2.75, 3.05) is 6.54 Å². The van der Waals surface area contributed by atoms with Gasteiger partial charge in [0, 0.05) is 31.7 Å². The fourth-order valence-electron chi connectivity index (χ4n) is 3.04. The Kier molecular flexibility index (Phi) is 3.98. The van der Waals surface area contributed by atoms with E-state index in [2.05, 4.69) is 47.1 Å². The number of hydrogen-bond donors (Lipinski definition) is 2. The summed E-state index contributed by atoms with van der Waals surface area (Å²) < 4.78 is 0. The van der Waals surface area contributed by atoms with Crippen LogP contribution in [0.1, 0.15) is 46.6 Å². The summed E-state index contributed by atoms with van der Waals surface area (Å²) in [5.41, 5.74) is 10.5. The summed E-state index contributed by atoms with van der Waals surface area (Å²) in [5.74, 6) is -0.437. The van der Waals surface area contributed by atoms with E-state index < -0.39 is 5.91 Å². The van der Waals surface area contributed by atoms with E-state index in [1.807, 2.05) is 0 Å². The third kappa shape index (κ3) is 2.90. The number of carbonyl (C=O) groups is 1. The Morgan fingerprint density at radius 1 is 1.41 bits per heavy atom. The molecule has 0 atom stereocenters. The minimum absolute atomic E-state index is 0.437. The predicted octanol–water partition coefficient (Wildman–Crippen LogP) is 1.87. The van der Waals surface area contributed by atoms with Crippen LogP contribution in [0.15, 0.2) is 24.4 Å². The van der Waals surface area contributed by atoms with Gasteiger partial charge in [0.1, 0.15) is 0 Å². The topological polar surface area (TPSA) is 75.0 Å². The first-order valence-electron chi connectivity index (χ1n) is 7.71. The van der Waals surface area contributed by atoms with Crippen molar-refractivity contribution in [3.63, 3.8) is 0 Å². The molecule has 0 saturated carbocycles. The number of nitrogens with zero attached hydrogens (tertiary/aromatic N) is 2. The number of nitrogens with one attached hydrogen (secondary N) is 1. The molecule has 22 heavy (non-hydrogen) atoms. The van der Waals surface area contributed by atoms with Gasteiger partial charge < -0.3 is 5.73 Å². The molecule has 2 heterocycles. The van der Waals surface area contributed by atoms with Gasteiger partial charge in [-0.05, 0) is 37.0 Å². The maximum absolute atomic E-state index is 11.4. The standard InChI is InChI=1S/C17H22N4O/c1-11(2)21-6-5-13-4-3-12(7-14(13)10-21)8-16-15(17(18)22)9-19-20-16/h3-4,7,9,11H,5-6,8,10H2,1-2H3,(H2,18,22)(H,19,20). The van der Waals surface area contributed by atoms with Gasteiger partial charge in [-0.25, -0.2) is 0 Å². The average Bonchev–Trinajstić information content (AvgIpc) is 2.94. The highest BCUT2D eigenvalue weighted by atomic mass is 16.1. The molecule has 1 aliphatic rings. The number of primary amides is 1. The summed E-state index contributed by atoms with van der Waals surface area (Å²) in [5, 5.41) is 6.88. The van der Waals surface area contributed by atoms with E-state index in [0.717, 1.165) is 19.5 Å². The number of fused-ring (bicyclic) bond motifs is 1. The first kappa shape index (κ1) is 14.8. The van der Waals surface area contributed by atoms with Gasteiger partial charge >= 0.3 is 0 Å². The number of hydrogen-bond acceptors (Lipinski definition) is 3. The van der Waals surface area contributed by atoms with Crippen molar-refractivity contribution in [3.8, 4) is 0 Å². The zero-order chi connectivity index (χ0) is 15.7. The fraction of sp³-hybridized carbons (Fsp3) is 0.412. The molecule has 5 nitrogen and oxygen atoms in total. The summed E-state index contributed by atoms with van der Waals surface area (Å²) in [6.07, 6.45) is 3.29. The van der Waals surface area contributed by atoms with Crippen LogP contribution in [0.25, 0.3) is 0 Å². The van der Waals surface area contributed by atoms with Crippen LogP contribution in [-0.4, -0.2) is 33.6 Å². The van der Waals surface area contributed by atoms with Crippen molar-refractivity contribution in [2.24, 2.45) is 5.73 Å². The molecule has 1 amide bonds. The SMILES string of the molecule is CC(C)N1CCc2ccc(Cc3n[nH]cc3C(N)=O)cc2C1. The summed E-state index contributed by atoms with van der Waals surface area (Å²) in [6.45, 7) is 6.58. The second kappa shape index (κ2) is 5.93. The van der Waals surface area contributed by atoms with Gasteiger partial charge in [-0.1, -0.05) is 18.2 Å². The molecular weight excluding hydrogens is 276 g/mol. The van der Waals surface area contributed by atoms with E-state index in [1.165, 1.54) is 16.7 Å². The molecule has 3 N–H and O–H groups in total. The molecule has 0 spiro atoms. The molecule has 116 valence electrons. The molecule has 1 aromatic heterocycles. The predicted molar refractivity (Wildman–Crippen MR) is 85.6 cm³/mol. The third-order valence-electron chi connectivity index (χ3n) is 4.40. The molecule has 0 unspecified atom stereocenters. The highest BCUT2D eigenvalue weighted by molar-refractivity contribution is 5.93. The van der Waals surface area contributed by atoms with Crippen LogP contribution < -0.4 is 5.73 Å². The number of H-pyrrole nitrogens is 1. The molecule has 3 rings (SSSR count). The average molecular weight is 298 g/mol. The van der Waals surface area contributed by atoms with Crippen molar-refractivity contribution in [1.29, 1.82) is 0 Å².